The van der Waals surface area contributed by atoms with E-state index in [-0.39, 0.29) is 22.6 Å². The second kappa shape index (κ2) is 5.58. The topological polar surface area (TPSA) is 49.4 Å². The maximum Gasteiger partial charge on any atom is 0.249 e. The summed E-state index contributed by atoms with van der Waals surface area (Å²) >= 11 is 1.84. The molecule has 1 aliphatic carbocycles. The van der Waals surface area contributed by atoms with Crippen molar-refractivity contribution in [2.24, 2.45) is 0 Å². The number of nitrogens with one attached hydrogen (secondary N) is 1. The summed E-state index contributed by atoms with van der Waals surface area (Å²) in [6.07, 6.45) is 6.42. The van der Waals surface area contributed by atoms with Crippen molar-refractivity contribution < 1.29 is 9.59 Å². The first-order valence-electron chi connectivity index (χ1n) is 7.65. The lowest BCUT2D eigenvalue weighted by atomic mass is 9.86. The van der Waals surface area contributed by atoms with Crippen molar-refractivity contribution in [2.45, 2.75) is 69.2 Å². The Hall–Kier alpha value is -0.710. The van der Waals surface area contributed by atoms with E-state index >= 15 is 0 Å². The van der Waals surface area contributed by atoms with Crippen LogP contribution in [0.25, 0.3) is 0 Å². The Labute approximate surface area is 126 Å². The number of carbonyl (C=O) groups is 2. The Balaban J connectivity index is 2.28. The van der Waals surface area contributed by atoms with Crippen LogP contribution < -0.4 is 5.32 Å². The number of piperazine rings is 1. The van der Waals surface area contributed by atoms with E-state index in [1.807, 2.05) is 37.4 Å². The smallest absolute Gasteiger partial charge is 0.249 e. The molecule has 0 radical (unpaired) electrons. The molecule has 2 aliphatic rings. The maximum atomic E-state index is 12.9. The predicted octanol–water partition coefficient (Wildman–Crippen LogP) is 2.18. The number of hydrogen-bond acceptors (Lipinski definition) is 3. The summed E-state index contributed by atoms with van der Waals surface area (Å²) < 4.78 is 0.202. The number of thioether (sulfide) groups is 1. The number of carbonyl (C=O) groups excluding carboxylic acids is 2. The van der Waals surface area contributed by atoms with Gasteiger partial charge >= 0.3 is 0 Å². The molecule has 1 heterocycles. The number of amides is 2. The number of rotatable bonds is 6. The second-order valence-electron chi connectivity index (χ2n) is 6.02. The molecule has 2 rings (SSSR count). The van der Waals surface area contributed by atoms with E-state index in [0.717, 1.165) is 19.4 Å². The monoisotopic (exact) mass is 298 g/mol. The minimum absolute atomic E-state index is 0.0210. The minimum atomic E-state index is -0.683. The Bertz CT molecular complexity index is 403. The van der Waals surface area contributed by atoms with Gasteiger partial charge in [0, 0.05) is 11.3 Å². The third kappa shape index (κ3) is 2.45. The average Bonchev–Trinajstić information content (AvgIpc) is 3.23. The van der Waals surface area contributed by atoms with Crippen LogP contribution in [-0.4, -0.2) is 45.8 Å². The lowest BCUT2D eigenvalue weighted by molar-refractivity contribution is -0.155. The molecule has 114 valence electrons. The average molecular weight is 298 g/mol. The van der Waals surface area contributed by atoms with Crippen LogP contribution in [0.4, 0.5) is 0 Å². The molecule has 4 nitrogen and oxygen atoms in total. The normalized spacial score (nSPS) is 27.4. The summed E-state index contributed by atoms with van der Waals surface area (Å²) in [6, 6.07) is -0.293. The van der Waals surface area contributed by atoms with Crippen LogP contribution >= 0.6 is 11.8 Å². The molecule has 0 spiro atoms. The molecule has 1 saturated carbocycles. The molecular formula is C15H26N2O2S. The van der Waals surface area contributed by atoms with Crippen molar-refractivity contribution in [3.8, 4) is 0 Å². The SMILES string of the molecule is CCC1C(=O)NC(CC)(CC)C(=O)N1CC1(SC)CC1. The fourth-order valence-corrected chi connectivity index (χ4v) is 3.90. The van der Waals surface area contributed by atoms with E-state index in [9.17, 15) is 9.59 Å². The molecule has 1 aliphatic heterocycles. The van der Waals surface area contributed by atoms with Gasteiger partial charge in [0.1, 0.15) is 11.6 Å². The van der Waals surface area contributed by atoms with Crippen molar-refractivity contribution in [1.29, 1.82) is 0 Å². The van der Waals surface area contributed by atoms with Gasteiger partial charge in [-0.15, -0.1) is 0 Å². The van der Waals surface area contributed by atoms with Gasteiger partial charge in [0.15, 0.2) is 0 Å². The molecule has 2 amide bonds. The summed E-state index contributed by atoms with van der Waals surface area (Å²) in [4.78, 5) is 27.2. The van der Waals surface area contributed by atoms with Crippen molar-refractivity contribution in [3.63, 3.8) is 0 Å². The van der Waals surface area contributed by atoms with Gasteiger partial charge in [-0.2, -0.15) is 11.8 Å². The van der Waals surface area contributed by atoms with E-state index in [0.29, 0.717) is 19.3 Å². The third-order valence-corrected chi connectivity index (χ3v) is 6.41. The zero-order valence-corrected chi connectivity index (χ0v) is 13.8. The fourth-order valence-electron chi connectivity index (χ4n) is 3.12. The molecule has 1 atom stereocenters. The molecule has 1 saturated heterocycles. The molecule has 0 aromatic rings. The van der Waals surface area contributed by atoms with Crippen LogP contribution in [0.1, 0.15) is 52.9 Å². The van der Waals surface area contributed by atoms with Gasteiger partial charge < -0.3 is 10.2 Å². The highest BCUT2D eigenvalue weighted by Crippen LogP contribution is 2.48. The van der Waals surface area contributed by atoms with E-state index in [1.54, 1.807) is 0 Å². The Kier molecular flexibility index (Phi) is 4.38. The first kappa shape index (κ1) is 15.7. The lowest BCUT2D eigenvalue weighted by Gasteiger charge is -2.46. The third-order valence-electron chi connectivity index (χ3n) is 5.00. The van der Waals surface area contributed by atoms with Gasteiger partial charge in [-0.3, -0.25) is 9.59 Å². The summed E-state index contributed by atoms with van der Waals surface area (Å²) in [5.41, 5.74) is -0.683. The molecular weight excluding hydrogens is 272 g/mol. The molecule has 5 heteroatoms. The molecule has 0 bridgehead atoms. The van der Waals surface area contributed by atoms with Crippen molar-refractivity contribution in [2.75, 3.05) is 12.8 Å². The summed E-state index contributed by atoms with van der Waals surface area (Å²) in [5, 5.41) is 3.00. The van der Waals surface area contributed by atoms with E-state index in [1.165, 1.54) is 0 Å². The lowest BCUT2D eigenvalue weighted by Crippen LogP contribution is -2.70. The first-order valence-corrected chi connectivity index (χ1v) is 8.88. The zero-order valence-electron chi connectivity index (χ0n) is 13.0. The van der Waals surface area contributed by atoms with Crippen molar-refractivity contribution in [3.05, 3.63) is 0 Å². The molecule has 2 fully saturated rings. The minimum Gasteiger partial charge on any atom is -0.340 e. The zero-order chi connectivity index (χ0) is 15.0. The van der Waals surface area contributed by atoms with Crippen LogP contribution in [0, 0.1) is 0 Å². The predicted molar refractivity (Wildman–Crippen MR) is 82.7 cm³/mol. The van der Waals surface area contributed by atoms with Crippen LogP contribution in [0.15, 0.2) is 0 Å². The largest absolute Gasteiger partial charge is 0.340 e. The standard InChI is InChI=1S/C15H26N2O2S/c1-5-11-12(18)16-15(6-2,7-3)13(19)17(11)10-14(20-4)8-9-14/h11H,5-10H2,1-4H3,(H,16,18). The first-order chi connectivity index (χ1) is 9.47. The molecule has 20 heavy (non-hydrogen) atoms. The van der Waals surface area contributed by atoms with E-state index < -0.39 is 5.54 Å². The summed E-state index contributed by atoms with van der Waals surface area (Å²) in [5.74, 6) is 0.141. The second-order valence-corrected chi connectivity index (χ2v) is 7.30. The summed E-state index contributed by atoms with van der Waals surface area (Å²) in [6.45, 7) is 6.66. The highest BCUT2D eigenvalue weighted by atomic mass is 32.2. The molecule has 1 unspecified atom stereocenters. The van der Waals surface area contributed by atoms with E-state index in [4.69, 9.17) is 0 Å². The molecule has 0 aromatic heterocycles. The Morgan fingerprint density at radius 1 is 1.25 bits per heavy atom. The number of nitrogens with zero attached hydrogens (tertiary/aromatic N) is 1. The van der Waals surface area contributed by atoms with Gasteiger partial charge in [-0.25, -0.2) is 0 Å². The highest BCUT2D eigenvalue weighted by Gasteiger charge is 2.52. The van der Waals surface area contributed by atoms with Crippen LogP contribution in [0.5, 0.6) is 0 Å². The fraction of sp³-hybridized carbons (Fsp3) is 0.867. The Morgan fingerprint density at radius 3 is 2.25 bits per heavy atom. The molecule has 1 N–H and O–H groups in total. The van der Waals surface area contributed by atoms with Crippen molar-refractivity contribution in [1.82, 2.24) is 10.2 Å². The highest BCUT2D eigenvalue weighted by molar-refractivity contribution is 8.00. The summed E-state index contributed by atoms with van der Waals surface area (Å²) in [7, 11) is 0. The van der Waals surface area contributed by atoms with Crippen LogP contribution in [0.2, 0.25) is 0 Å². The van der Waals surface area contributed by atoms with Gasteiger partial charge in [-0.1, -0.05) is 20.8 Å². The van der Waals surface area contributed by atoms with Gasteiger partial charge in [-0.05, 0) is 38.4 Å². The number of hydrogen-bond donors (Lipinski definition) is 1. The van der Waals surface area contributed by atoms with Gasteiger partial charge in [0.25, 0.3) is 0 Å². The van der Waals surface area contributed by atoms with Crippen LogP contribution in [0.3, 0.4) is 0 Å². The van der Waals surface area contributed by atoms with Gasteiger partial charge in [0.2, 0.25) is 11.8 Å². The van der Waals surface area contributed by atoms with Crippen molar-refractivity contribution >= 4 is 23.6 Å². The van der Waals surface area contributed by atoms with E-state index in [2.05, 4.69) is 11.6 Å². The van der Waals surface area contributed by atoms with Crippen LogP contribution in [-0.2, 0) is 9.59 Å². The Morgan fingerprint density at radius 2 is 1.85 bits per heavy atom. The molecule has 0 aromatic carbocycles. The van der Waals surface area contributed by atoms with Gasteiger partial charge in [0.05, 0.1) is 0 Å². The maximum absolute atomic E-state index is 12.9. The quantitative estimate of drug-likeness (QED) is 0.817.